The van der Waals surface area contributed by atoms with Crippen LogP contribution < -0.4 is 5.73 Å². The highest BCUT2D eigenvalue weighted by atomic mass is 16.6. The molecule has 0 aromatic carbocycles. The number of piperidine rings is 1. The molecule has 0 unspecified atom stereocenters. The third-order valence-electron chi connectivity index (χ3n) is 2.88. The fourth-order valence-corrected chi connectivity index (χ4v) is 2.15. The number of carbonyl (C=O) groups excluding carboxylic acids is 1. The number of hydrogen-bond donors (Lipinski definition) is 1. The number of amides is 1. The minimum Gasteiger partial charge on any atom is -0.444 e. The van der Waals surface area contributed by atoms with Crippen molar-refractivity contribution in [1.82, 2.24) is 4.90 Å². The summed E-state index contributed by atoms with van der Waals surface area (Å²) in [4.78, 5) is 13.5. The van der Waals surface area contributed by atoms with E-state index < -0.39 is 5.60 Å². The smallest absolute Gasteiger partial charge is 0.410 e. The van der Waals surface area contributed by atoms with Crippen LogP contribution in [0.15, 0.2) is 0 Å². The third kappa shape index (κ3) is 1.59. The van der Waals surface area contributed by atoms with Crippen LogP contribution >= 0.6 is 0 Å². The Morgan fingerprint density at radius 3 is 2.57 bits per heavy atom. The average molecular weight is 198 g/mol. The summed E-state index contributed by atoms with van der Waals surface area (Å²) in [6.07, 6.45) is 0.823. The quantitative estimate of drug-likeness (QED) is 0.630. The van der Waals surface area contributed by atoms with Crippen molar-refractivity contribution in [3.8, 4) is 0 Å². The fourth-order valence-electron chi connectivity index (χ4n) is 2.15. The molecule has 14 heavy (non-hydrogen) atoms. The van der Waals surface area contributed by atoms with Gasteiger partial charge in [-0.25, -0.2) is 4.79 Å². The molecule has 1 amide bonds. The molecule has 1 aliphatic heterocycles. The van der Waals surface area contributed by atoms with Crippen LogP contribution in [0.2, 0.25) is 0 Å². The number of rotatable bonds is 0. The monoisotopic (exact) mass is 198 g/mol. The fraction of sp³-hybridized carbons (Fsp3) is 0.900. The topological polar surface area (TPSA) is 55.6 Å². The Kier molecular flexibility index (Phi) is 2.00. The minimum atomic E-state index is -0.409. The van der Waals surface area contributed by atoms with Crippen molar-refractivity contribution in [2.75, 3.05) is 6.54 Å². The van der Waals surface area contributed by atoms with Gasteiger partial charge in [-0.1, -0.05) is 0 Å². The normalized spacial score (nSPS) is 35.4. The number of hydrogen-bond acceptors (Lipinski definition) is 3. The summed E-state index contributed by atoms with van der Waals surface area (Å²) in [7, 11) is 0. The maximum absolute atomic E-state index is 11.7. The summed E-state index contributed by atoms with van der Waals surface area (Å²) in [5, 5.41) is 0. The zero-order valence-corrected chi connectivity index (χ0v) is 8.99. The first kappa shape index (κ1) is 9.77. The lowest BCUT2D eigenvalue weighted by Crippen LogP contribution is -2.39. The molecule has 1 aliphatic carbocycles. The highest BCUT2D eigenvalue weighted by Gasteiger charge is 2.57. The zero-order valence-electron chi connectivity index (χ0n) is 8.99. The molecule has 0 radical (unpaired) electrons. The van der Waals surface area contributed by atoms with E-state index in [1.807, 2.05) is 20.8 Å². The molecule has 2 aliphatic rings. The van der Waals surface area contributed by atoms with Gasteiger partial charge in [0.2, 0.25) is 0 Å². The highest BCUT2D eigenvalue weighted by molar-refractivity contribution is 5.70. The maximum atomic E-state index is 11.7. The highest BCUT2D eigenvalue weighted by Crippen LogP contribution is 2.43. The Bertz CT molecular complexity index is 259. The Balaban J connectivity index is 1.93. The first-order chi connectivity index (χ1) is 6.40. The third-order valence-corrected chi connectivity index (χ3v) is 2.88. The van der Waals surface area contributed by atoms with Crippen molar-refractivity contribution in [3.05, 3.63) is 0 Å². The number of nitrogens with two attached hydrogens (primary N) is 1. The Labute approximate surface area is 84.4 Å². The second kappa shape index (κ2) is 2.86. The van der Waals surface area contributed by atoms with Gasteiger partial charge in [0.05, 0.1) is 6.04 Å². The van der Waals surface area contributed by atoms with E-state index in [1.165, 1.54) is 0 Å². The number of carbonyl (C=O) groups is 1. The van der Waals surface area contributed by atoms with E-state index in [9.17, 15) is 4.79 Å². The summed E-state index contributed by atoms with van der Waals surface area (Å²) >= 11 is 0. The van der Waals surface area contributed by atoms with Crippen LogP contribution in [0.4, 0.5) is 4.79 Å². The standard InChI is InChI=1S/C10H18N2O2/c1-10(2,3)14-9(13)12-5-4-6-7(11)8(6)12/h6-8H,4-5,11H2,1-3H3/t6-,7-,8-/m1/s1. The lowest BCUT2D eigenvalue weighted by Gasteiger charge is -2.25. The first-order valence-corrected chi connectivity index (χ1v) is 5.15. The van der Waals surface area contributed by atoms with Crippen LogP contribution in [0.1, 0.15) is 27.2 Å². The number of fused-ring (bicyclic) bond motifs is 1. The molecular weight excluding hydrogens is 180 g/mol. The molecule has 4 heteroatoms. The van der Waals surface area contributed by atoms with Gasteiger partial charge in [-0.05, 0) is 33.1 Å². The zero-order chi connectivity index (χ0) is 10.5. The molecule has 0 aromatic rings. The summed E-state index contributed by atoms with van der Waals surface area (Å²) in [6.45, 7) is 6.44. The maximum Gasteiger partial charge on any atom is 0.410 e. The van der Waals surface area contributed by atoms with Crippen molar-refractivity contribution >= 4 is 6.09 Å². The van der Waals surface area contributed by atoms with Gasteiger partial charge in [-0.15, -0.1) is 0 Å². The Morgan fingerprint density at radius 2 is 2.14 bits per heavy atom. The molecule has 3 atom stereocenters. The Hall–Kier alpha value is -0.770. The number of likely N-dealkylation sites (tertiary alicyclic amines) is 1. The molecule has 80 valence electrons. The second-order valence-electron chi connectivity index (χ2n) is 5.19. The van der Waals surface area contributed by atoms with E-state index in [1.54, 1.807) is 4.90 Å². The van der Waals surface area contributed by atoms with Gasteiger partial charge in [0, 0.05) is 12.6 Å². The molecule has 2 N–H and O–H groups in total. The minimum absolute atomic E-state index is 0.191. The molecule has 2 rings (SSSR count). The van der Waals surface area contributed by atoms with Crippen molar-refractivity contribution in [3.63, 3.8) is 0 Å². The van der Waals surface area contributed by atoms with Crippen molar-refractivity contribution < 1.29 is 9.53 Å². The molecule has 0 bridgehead atoms. The predicted octanol–water partition coefficient (Wildman–Crippen LogP) is 0.953. The molecule has 4 nitrogen and oxygen atoms in total. The van der Waals surface area contributed by atoms with Crippen molar-refractivity contribution in [2.45, 2.75) is 44.9 Å². The van der Waals surface area contributed by atoms with Gasteiger partial charge in [-0.3, -0.25) is 0 Å². The SMILES string of the molecule is CC(C)(C)OC(=O)N1CC[C@@H]2[C@@H](N)[C@@H]21. The summed E-state index contributed by atoms with van der Waals surface area (Å²) < 4.78 is 5.30. The van der Waals surface area contributed by atoms with E-state index in [2.05, 4.69) is 0 Å². The molecule has 1 saturated heterocycles. The average Bonchev–Trinajstić information content (AvgIpc) is 2.52. The van der Waals surface area contributed by atoms with Gasteiger partial charge in [-0.2, -0.15) is 0 Å². The van der Waals surface area contributed by atoms with Crippen LogP contribution in [-0.2, 0) is 4.74 Å². The number of nitrogens with zero attached hydrogens (tertiary/aromatic N) is 1. The first-order valence-electron chi connectivity index (χ1n) is 5.15. The molecule has 1 heterocycles. The predicted molar refractivity (Wildman–Crippen MR) is 52.8 cm³/mol. The summed E-state index contributed by atoms with van der Waals surface area (Å²) in [6, 6.07) is 0.445. The number of ether oxygens (including phenoxy) is 1. The van der Waals surface area contributed by atoms with E-state index in [-0.39, 0.29) is 18.2 Å². The van der Waals surface area contributed by atoms with Crippen LogP contribution in [-0.4, -0.2) is 35.2 Å². The van der Waals surface area contributed by atoms with Gasteiger partial charge >= 0.3 is 6.09 Å². The lowest BCUT2D eigenvalue weighted by molar-refractivity contribution is 0.0260. The summed E-state index contributed by atoms with van der Waals surface area (Å²) in [5.41, 5.74) is 5.41. The molecule has 1 saturated carbocycles. The van der Waals surface area contributed by atoms with Gasteiger partial charge in [0.25, 0.3) is 0 Å². The van der Waals surface area contributed by atoms with Crippen LogP contribution in [0.25, 0.3) is 0 Å². The van der Waals surface area contributed by atoms with Crippen molar-refractivity contribution in [1.29, 1.82) is 0 Å². The van der Waals surface area contributed by atoms with Gasteiger partial charge in [0.15, 0.2) is 0 Å². The lowest BCUT2D eigenvalue weighted by atomic mass is 10.2. The van der Waals surface area contributed by atoms with E-state index in [4.69, 9.17) is 10.5 Å². The second-order valence-corrected chi connectivity index (χ2v) is 5.19. The molecule has 2 fully saturated rings. The van der Waals surface area contributed by atoms with Crippen LogP contribution in [0.3, 0.4) is 0 Å². The van der Waals surface area contributed by atoms with Crippen LogP contribution in [0, 0.1) is 5.92 Å². The van der Waals surface area contributed by atoms with Crippen LogP contribution in [0.5, 0.6) is 0 Å². The molecule has 0 aromatic heterocycles. The van der Waals surface area contributed by atoms with Crippen molar-refractivity contribution in [2.24, 2.45) is 11.7 Å². The van der Waals surface area contributed by atoms with E-state index >= 15 is 0 Å². The van der Waals surface area contributed by atoms with E-state index in [0.29, 0.717) is 5.92 Å². The molecular formula is C10H18N2O2. The van der Waals surface area contributed by atoms with E-state index in [0.717, 1.165) is 13.0 Å². The summed E-state index contributed by atoms with van der Waals surface area (Å²) in [5.74, 6) is 0.530. The largest absolute Gasteiger partial charge is 0.444 e. The van der Waals surface area contributed by atoms with Gasteiger partial charge in [0.1, 0.15) is 5.60 Å². The molecule has 0 spiro atoms. The Morgan fingerprint density at radius 1 is 1.50 bits per heavy atom. The van der Waals surface area contributed by atoms with Gasteiger partial charge < -0.3 is 15.4 Å².